The Hall–Kier alpha value is -4.86. The van der Waals surface area contributed by atoms with Gasteiger partial charge in [-0.15, -0.1) is 0 Å². The van der Waals surface area contributed by atoms with Crippen LogP contribution in [0.15, 0.2) is 73.2 Å². The molecule has 0 aliphatic rings. The molecule has 10 heteroatoms. The molecule has 0 atom stereocenters. The van der Waals surface area contributed by atoms with Crippen LogP contribution in [0.1, 0.15) is 26.4 Å². The van der Waals surface area contributed by atoms with Gasteiger partial charge in [-0.05, 0) is 31.2 Å². The molecule has 0 aliphatic carbocycles. The number of esters is 1. The molecule has 2 aromatic carbocycles. The first kappa shape index (κ1) is 21.0. The number of fused-ring (bicyclic) bond motifs is 1. The summed E-state index contributed by atoms with van der Waals surface area (Å²) in [6, 6.07) is 17.8. The molecule has 0 saturated carbocycles. The van der Waals surface area contributed by atoms with Crippen LogP contribution in [-0.4, -0.2) is 48.5 Å². The van der Waals surface area contributed by atoms with Crippen LogP contribution in [0.2, 0.25) is 0 Å². The second kappa shape index (κ2) is 8.58. The van der Waals surface area contributed by atoms with Gasteiger partial charge in [0.2, 0.25) is 0 Å². The fraction of sp³-hybridized carbons (Fsp3) is 0.0833. The number of aromatic nitrogens is 6. The number of benzene rings is 2. The lowest BCUT2D eigenvalue weighted by atomic mass is 10.1. The predicted molar refractivity (Wildman–Crippen MR) is 124 cm³/mol. The molecule has 3 heterocycles. The Labute approximate surface area is 193 Å². The van der Waals surface area contributed by atoms with E-state index in [-0.39, 0.29) is 11.1 Å². The molecule has 5 aromatic rings. The van der Waals surface area contributed by atoms with E-state index in [0.29, 0.717) is 28.4 Å². The topological polar surface area (TPSA) is 117 Å². The molecule has 0 radical (unpaired) electrons. The number of para-hydroxylation sites is 1. The van der Waals surface area contributed by atoms with Gasteiger partial charge >= 0.3 is 5.97 Å². The van der Waals surface area contributed by atoms with E-state index in [2.05, 4.69) is 25.5 Å². The Morgan fingerprint density at radius 2 is 1.68 bits per heavy atom. The SMILES string of the molecule is COC(=O)c1ccccc1C(=O)Nc1cc(C)nn1-c1ncnc2c1cnn2-c1ccccc1. The fourth-order valence-corrected chi connectivity index (χ4v) is 3.66. The number of rotatable bonds is 5. The zero-order chi connectivity index (χ0) is 23.7. The number of ether oxygens (including phenoxy) is 1. The van der Waals surface area contributed by atoms with E-state index in [0.717, 1.165) is 5.69 Å². The van der Waals surface area contributed by atoms with Gasteiger partial charge in [-0.1, -0.05) is 30.3 Å². The molecule has 0 unspecified atom stereocenters. The number of hydrogen-bond donors (Lipinski definition) is 1. The normalized spacial score (nSPS) is 10.9. The summed E-state index contributed by atoms with van der Waals surface area (Å²) < 4.78 is 8.03. The molecule has 3 aromatic heterocycles. The maximum absolute atomic E-state index is 13.1. The van der Waals surface area contributed by atoms with Crippen molar-refractivity contribution in [3.63, 3.8) is 0 Å². The summed E-state index contributed by atoms with van der Waals surface area (Å²) in [4.78, 5) is 34.0. The molecule has 1 N–H and O–H groups in total. The van der Waals surface area contributed by atoms with E-state index >= 15 is 0 Å². The Morgan fingerprint density at radius 1 is 0.941 bits per heavy atom. The molecule has 10 nitrogen and oxygen atoms in total. The Balaban J connectivity index is 1.56. The summed E-state index contributed by atoms with van der Waals surface area (Å²) in [5, 5.41) is 12.5. The van der Waals surface area contributed by atoms with Gasteiger partial charge in [-0.25, -0.2) is 19.4 Å². The van der Waals surface area contributed by atoms with Crippen LogP contribution in [0.3, 0.4) is 0 Å². The fourth-order valence-electron chi connectivity index (χ4n) is 3.66. The molecule has 0 spiro atoms. The summed E-state index contributed by atoms with van der Waals surface area (Å²) in [7, 11) is 1.27. The molecule has 34 heavy (non-hydrogen) atoms. The zero-order valence-electron chi connectivity index (χ0n) is 18.3. The van der Waals surface area contributed by atoms with Gasteiger partial charge in [0.1, 0.15) is 12.1 Å². The summed E-state index contributed by atoms with van der Waals surface area (Å²) in [6.45, 7) is 1.81. The van der Waals surface area contributed by atoms with Crippen LogP contribution in [0, 0.1) is 6.92 Å². The summed E-state index contributed by atoms with van der Waals surface area (Å²) in [5.41, 5.74) is 2.46. The van der Waals surface area contributed by atoms with Crippen molar-refractivity contribution >= 4 is 28.7 Å². The van der Waals surface area contributed by atoms with E-state index in [1.165, 1.54) is 24.2 Å². The quantitative estimate of drug-likeness (QED) is 0.406. The Kier molecular flexibility index (Phi) is 5.30. The molecule has 5 rings (SSSR count). The number of nitrogens with zero attached hydrogens (tertiary/aromatic N) is 6. The third-order valence-electron chi connectivity index (χ3n) is 5.20. The maximum Gasteiger partial charge on any atom is 0.338 e. The predicted octanol–water partition coefficient (Wildman–Crippen LogP) is 3.35. The first-order valence-corrected chi connectivity index (χ1v) is 10.4. The highest BCUT2D eigenvalue weighted by Gasteiger charge is 2.21. The number of aryl methyl sites for hydroxylation is 1. The van der Waals surface area contributed by atoms with E-state index < -0.39 is 11.9 Å². The highest BCUT2D eigenvalue weighted by molar-refractivity contribution is 6.10. The van der Waals surface area contributed by atoms with Gasteiger partial charge in [0, 0.05) is 6.07 Å². The number of carbonyl (C=O) groups is 2. The zero-order valence-corrected chi connectivity index (χ0v) is 18.3. The van der Waals surface area contributed by atoms with Crippen molar-refractivity contribution in [2.45, 2.75) is 6.92 Å². The van der Waals surface area contributed by atoms with E-state index in [1.54, 1.807) is 42.1 Å². The molecule has 0 aliphatic heterocycles. The standard InChI is InChI=1S/C24H19N7O3/c1-15-12-20(28-23(32)17-10-6-7-11-18(17)24(33)34-2)31(29-15)22-19-13-27-30(21(19)25-14-26-22)16-8-4-3-5-9-16/h3-14H,1-2H3,(H,28,32). The lowest BCUT2D eigenvalue weighted by Crippen LogP contribution is -2.19. The Bertz CT molecular complexity index is 1520. The number of amides is 1. The van der Waals surface area contributed by atoms with Gasteiger partial charge in [-0.3, -0.25) is 4.79 Å². The van der Waals surface area contributed by atoms with Crippen molar-refractivity contribution in [1.29, 1.82) is 0 Å². The number of methoxy groups -OCH3 is 1. The summed E-state index contributed by atoms with van der Waals surface area (Å²) in [5.74, 6) is -0.236. The van der Waals surface area contributed by atoms with Crippen LogP contribution in [0.4, 0.5) is 5.82 Å². The van der Waals surface area contributed by atoms with E-state index in [4.69, 9.17) is 4.74 Å². The monoisotopic (exact) mass is 453 g/mol. The van der Waals surface area contributed by atoms with Gasteiger partial charge in [0.15, 0.2) is 11.5 Å². The van der Waals surface area contributed by atoms with Crippen molar-refractivity contribution in [2.24, 2.45) is 0 Å². The second-order valence-electron chi connectivity index (χ2n) is 7.40. The van der Waals surface area contributed by atoms with Crippen molar-refractivity contribution in [1.82, 2.24) is 29.5 Å². The average Bonchev–Trinajstić information content (AvgIpc) is 3.47. The highest BCUT2D eigenvalue weighted by Crippen LogP contribution is 2.24. The molecule has 168 valence electrons. The first-order valence-electron chi connectivity index (χ1n) is 10.4. The maximum atomic E-state index is 13.1. The average molecular weight is 453 g/mol. The minimum Gasteiger partial charge on any atom is -0.465 e. The lowest BCUT2D eigenvalue weighted by molar-refractivity contribution is 0.0597. The van der Waals surface area contributed by atoms with Crippen LogP contribution < -0.4 is 5.32 Å². The third-order valence-corrected chi connectivity index (χ3v) is 5.20. The van der Waals surface area contributed by atoms with E-state index in [1.807, 2.05) is 30.3 Å². The van der Waals surface area contributed by atoms with Crippen molar-refractivity contribution in [2.75, 3.05) is 12.4 Å². The minimum atomic E-state index is -0.596. The van der Waals surface area contributed by atoms with Crippen molar-refractivity contribution < 1.29 is 14.3 Å². The molecular formula is C24H19N7O3. The summed E-state index contributed by atoms with van der Waals surface area (Å²) >= 11 is 0. The van der Waals surface area contributed by atoms with Crippen LogP contribution in [0.25, 0.3) is 22.5 Å². The second-order valence-corrected chi connectivity index (χ2v) is 7.40. The van der Waals surface area contributed by atoms with Gasteiger partial charge < -0.3 is 10.1 Å². The molecular weight excluding hydrogens is 434 g/mol. The van der Waals surface area contributed by atoms with Crippen LogP contribution >= 0.6 is 0 Å². The number of nitrogens with one attached hydrogen (secondary N) is 1. The van der Waals surface area contributed by atoms with Gasteiger partial charge in [0.05, 0.1) is 41.2 Å². The van der Waals surface area contributed by atoms with Crippen molar-refractivity contribution in [3.8, 4) is 11.5 Å². The van der Waals surface area contributed by atoms with Crippen LogP contribution in [0.5, 0.6) is 0 Å². The third kappa shape index (κ3) is 3.66. The number of anilines is 1. The van der Waals surface area contributed by atoms with E-state index in [9.17, 15) is 9.59 Å². The number of hydrogen-bond acceptors (Lipinski definition) is 7. The summed E-state index contributed by atoms with van der Waals surface area (Å²) in [6.07, 6.45) is 3.08. The Morgan fingerprint density at radius 3 is 2.44 bits per heavy atom. The van der Waals surface area contributed by atoms with Crippen molar-refractivity contribution in [3.05, 3.63) is 90.0 Å². The largest absolute Gasteiger partial charge is 0.465 e. The minimum absolute atomic E-state index is 0.166. The molecule has 0 saturated heterocycles. The van der Waals surface area contributed by atoms with Crippen LogP contribution in [-0.2, 0) is 4.74 Å². The molecule has 0 bridgehead atoms. The smallest absolute Gasteiger partial charge is 0.338 e. The van der Waals surface area contributed by atoms with Gasteiger partial charge in [-0.2, -0.15) is 14.9 Å². The lowest BCUT2D eigenvalue weighted by Gasteiger charge is -2.11. The first-order chi connectivity index (χ1) is 16.6. The molecule has 0 fully saturated rings. The van der Waals surface area contributed by atoms with Gasteiger partial charge in [0.25, 0.3) is 5.91 Å². The molecule has 1 amide bonds. The number of carbonyl (C=O) groups excluding carboxylic acids is 2. The highest BCUT2D eigenvalue weighted by atomic mass is 16.5.